The molecule has 5 nitrogen and oxygen atoms in total. The van der Waals surface area contributed by atoms with E-state index in [4.69, 9.17) is 9.47 Å². The standard InChI is InChI=1S/C24H22N2O3/c1-2-16-28-23-11-7-6-10-22(23)24(27)26-25-17-19-12-14-21(15-13-19)29-18-20-8-4-3-5-9-20/h2-15,17H,1,16,18H2,(H,26,27). The number of nitrogens with zero attached hydrogens (tertiary/aromatic N) is 1. The zero-order valence-electron chi connectivity index (χ0n) is 16.0. The first-order valence-corrected chi connectivity index (χ1v) is 9.19. The van der Waals surface area contributed by atoms with Crippen molar-refractivity contribution in [1.29, 1.82) is 0 Å². The highest BCUT2D eigenvalue weighted by Gasteiger charge is 2.10. The average Bonchev–Trinajstić information content (AvgIpc) is 2.78. The van der Waals surface area contributed by atoms with Crippen LogP contribution in [0.1, 0.15) is 21.5 Å². The van der Waals surface area contributed by atoms with Crippen molar-refractivity contribution >= 4 is 12.1 Å². The number of ether oxygens (including phenoxy) is 2. The first-order chi connectivity index (χ1) is 14.3. The maximum atomic E-state index is 12.3. The Bertz CT molecular complexity index is 967. The zero-order chi connectivity index (χ0) is 20.3. The molecule has 0 aliphatic rings. The first kappa shape index (κ1) is 19.9. The molecule has 0 spiro atoms. The molecule has 0 aliphatic carbocycles. The molecular formula is C24H22N2O3. The van der Waals surface area contributed by atoms with Gasteiger partial charge in [-0.2, -0.15) is 5.10 Å². The van der Waals surface area contributed by atoms with Crippen LogP contribution in [0.4, 0.5) is 0 Å². The molecule has 3 aromatic rings. The lowest BCUT2D eigenvalue weighted by Crippen LogP contribution is -2.18. The molecule has 0 unspecified atom stereocenters. The summed E-state index contributed by atoms with van der Waals surface area (Å²) in [4.78, 5) is 12.3. The number of amides is 1. The van der Waals surface area contributed by atoms with Crippen molar-refractivity contribution in [3.8, 4) is 11.5 Å². The normalized spacial score (nSPS) is 10.5. The van der Waals surface area contributed by atoms with E-state index >= 15 is 0 Å². The Morgan fingerprint density at radius 2 is 1.66 bits per heavy atom. The summed E-state index contributed by atoms with van der Waals surface area (Å²) < 4.78 is 11.3. The molecule has 0 aromatic heterocycles. The molecule has 1 N–H and O–H groups in total. The number of rotatable bonds is 9. The van der Waals surface area contributed by atoms with Crippen LogP contribution in [0, 0.1) is 0 Å². The van der Waals surface area contributed by atoms with Crippen LogP contribution in [-0.2, 0) is 6.61 Å². The van der Waals surface area contributed by atoms with Crippen molar-refractivity contribution in [3.63, 3.8) is 0 Å². The summed E-state index contributed by atoms with van der Waals surface area (Å²) in [7, 11) is 0. The topological polar surface area (TPSA) is 59.9 Å². The van der Waals surface area contributed by atoms with E-state index in [2.05, 4.69) is 17.1 Å². The van der Waals surface area contributed by atoms with Crippen LogP contribution < -0.4 is 14.9 Å². The largest absolute Gasteiger partial charge is 0.489 e. The summed E-state index contributed by atoms with van der Waals surface area (Å²) >= 11 is 0. The van der Waals surface area contributed by atoms with Crippen molar-refractivity contribution in [3.05, 3.63) is 108 Å². The van der Waals surface area contributed by atoms with Gasteiger partial charge in [-0.1, -0.05) is 55.1 Å². The van der Waals surface area contributed by atoms with Gasteiger partial charge in [-0.15, -0.1) is 0 Å². The van der Waals surface area contributed by atoms with Crippen LogP contribution in [-0.4, -0.2) is 18.7 Å². The minimum Gasteiger partial charge on any atom is -0.489 e. The fourth-order valence-corrected chi connectivity index (χ4v) is 2.55. The molecule has 0 atom stereocenters. The van der Waals surface area contributed by atoms with Crippen molar-refractivity contribution in [2.24, 2.45) is 5.10 Å². The van der Waals surface area contributed by atoms with Crippen LogP contribution in [0.2, 0.25) is 0 Å². The van der Waals surface area contributed by atoms with E-state index in [0.29, 0.717) is 24.5 Å². The Morgan fingerprint density at radius 3 is 2.41 bits per heavy atom. The number of hydrogen-bond acceptors (Lipinski definition) is 4. The van der Waals surface area contributed by atoms with Gasteiger partial charge in [0.2, 0.25) is 0 Å². The van der Waals surface area contributed by atoms with E-state index in [-0.39, 0.29) is 5.91 Å². The second kappa shape index (κ2) is 10.5. The van der Waals surface area contributed by atoms with Gasteiger partial charge in [0.25, 0.3) is 5.91 Å². The second-order valence-corrected chi connectivity index (χ2v) is 6.14. The second-order valence-electron chi connectivity index (χ2n) is 6.14. The van der Waals surface area contributed by atoms with Gasteiger partial charge >= 0.3 is 0 Å². The first-order valence-electron chi connectivity index (χ1n) is 9.19. The van der Waals surface area contributed by atoms with E-state index in [9.17, 15) is 4.79 Å². The maximum absolute atomic E-state index is 12.3. The minimum atomic E-state index is -0.344. The third-order valence-corrected chi connectivity index (χ3v) is 4.00. The molecule has 3 aromatic carbocycles. The number of carbonyl (C=O) groups is 1. The van der Waals surface area contributed by atoms with Crippen molar-refractivity contribution < 1.29 is 14.3 Å². The van der Waals surface area contributed by atoms with Gasteiger partial charge in [-0.3, -0.25) is 4.79 Å². The molecular weight excluding hydrogens is 364 g/mol. The van der Waals surface area contributed by atoms with Crippen LogP contribution in [0.15, 0.2) is 96.6 Å². The monoisotopic (exact) mass is 386 g/mol. The Hall–Kier alpha value is -3.86. The highest BCUT2D eigenvalue weighted by Crippen LogP contribution is 2.18. The molecule has 0 aliphatic heterocycles. The SMILES string of the molecule is C=CCOc1ccccc1C(=O)NN=Cc1ccc(OCc2ccccc2)cc1. The van der Waals surface area contributed by atoms with E-state index in [1.165, 1.54) is 0 Å². The van der Waals surface area contributed by atoms with Gasteiger partial charge in [-0.05, 0) is 47.5 Å². The highest BCUT2D eigenvalue weighted by atomic mass is 16.5. The lowest BCUT2D eigenvalue weighted by atomic mass is 10.2. The fraction of sp³-hybridized carbons (Fsp3) is 0.0833. The van der Waals surface area contributed by atoms with E-state index in [0.717, 1.165) is 16.9 Å². The van der Waals surface area contributed by atoms with Crippen LogP contribution in [0.5, 0.6) is 11.5 Å². The predicted molar refractivity (Wildman–Crippen MR) is 114 cm³/mol. The van der Waals surface area contributed by atoms with E-state index in [1.54, 1.807) is 36.6 Å². The number of carbonyl (C=O) groups excluding carboxylic acids is 1. The molecule has 1 amide bonds. The van der Waals surface area contributed by atoms with Gasteiger partial charge in [0.05, 0.1) is 11.8 Å². The van der Waals surface area contributed by atoms with E-state index in [1.807, 2.05) is 54.6 Å². The smallest absolute Gasteiger partial charge is 0.275 e. The van der Waals surface area contributed by atoms with E-state index < -0.39 is 0 Å². The third kappa shape index (κ3) is 6.07. The molecule has 146 valence electrons. The lowest BCUT2D eigenvalue weighted by Gasteiger charge is -2.08. The molecule has 0 saturated carbocycles. The summed E-state index contributed by atoms with van der Waals surface area (Å²) in [6.45, 7) is 4.45. The van der Waals surface area contributed by atoms with Gasteiger partial charge in [-0.25, -0.2) is 5.43 Å². The Morgan fingerprint density at radius 1 is 0.931 bits per heavy atom. The van der Waals surface area contributed by atoms with Crippen molar-refractivity contribution in [2.45, 2.75) is 6.61 Å². The number of hydrazone groups is 1. The summed E-state index contributed by atoms with van der Waals surface area (Å²) in [5.41, 5.74) is 4.88. The van der Waals surface area contributed by atoms with Gasteiger partial charge < -0.3 is 9.47 Å². The zero-order valence-corrected chi connectivity index (χ0v) is 16.0. The average molecular weight is 386 g/mol. The number of hydrogen-bond donors (Lipinski definition) is 1. The van der Waals surface area contributed by atoms with Crippen LogP contribution >= 0.6 is 0 Å². The third-order valence-electron chi connectivity index (χ3n) is 4.00. The van der Waals surface area contributed by atoms with Crippen molar-refractivity contribution in [1.82, 2.24) is 5.43 Å². The maximum Gasteiger partial charge on any atom is 0.275 e. The summed E-state index contributed by atoms with van der Waals surface area (Å²) in [5.74, 6) is 0.909. The molecule has 0 saturated heterocycles. The van der Waals surface area contributed by atoms with Crippen LogP contribution in [0.25, 0.3) is 0 Å². The molecule has 5 heteroatoms. The minimum absolute atomic E-state index is 0.326. The highest BCUT2D eigenvalue weighted by molar-refractivity contribution is 5.97. The Kier molecular flexibility index (Phi) is 7.18. The Balaban J connectivity index is 1.54. The number of para-hydroxylation sites is 1. The molecule has 0 fully saturated rings. The van der Waals surface area contributed by atoms with Crippen molar-refractivity contribution in [2.75, 3.05) is 6.61 Å². The van der Waals surface area contributed by atoms with Gasteiger partial charge in [0.15, 0.2) is 0 Å². The number of benzene rings is 3. The summed E-state index contributed by atoms with van der Waals surface area (Å²) in [6.07, 6.45) is 3.20. The lowest BCUT2D eigenvalue weighted by molar-refractivity contribution is 0.0951. The number of nitrogens with one attached hydrogen (secondary N) is 1. The summed E-state index contributed by atoms with van der Waals surface area (Å²) in [5, 5.41) is 4.02. The fourth-order valence-electron chi connectivity index (χ4n) is 2.55. The summed E-state index contributed by atoms with van der Waals surface area (Å²) in [6, 6.07) is 24.4. The quantitative estimate of drug-likeness (QED) is 0.332. The predicted octanol–water partition coefficient (Wildman–Crippen LogP) is 4.59. The van der Waals surface area contributed by atoms with Gasteiger partial charge in [0.1, 0.15) is 24.7 Å². The molecule has 3 rings (SSSR count). The van der Waals surface area contributed by atoms with Crippen LogP contribution in [0.3, 0.4) is 0 Å². The molecule has 29 heavy (non-hydrogen) atoms. The molecule has 0 radical (unpaired) electrons. The molecule has 0 bridgehead atoms. The molecule has 0 heterocycles. The Labute approximate surface area is 170 Å². The van der Waals surface area contributed by atoms with Gasteiger partial charge in [0, 0.05) is 0 Å².